The van der Waals surface area contributed by atoms with Crippen LogP contribution in [0.25, 0.3) is 11.3 Å². The number of pyridine rings is 1. The number of benzene rings is 1. The summed E-state index contributed by atoms with van der Waals surface area (Å²) in [6.45, 7) is 5.59. The van der Waals surface area contributed by atoms with Crippen LogP contribution in [0.4, 0.5) is 5.82 Å². The molecule has 0 aliphatic rings. The second-order valence-corrected chi connectivity index (χ2v) is 9.96. The fourth-order valence-corrected chi connectivity index (χ4v) is 4.70. The second-order valence-electron chi connectivity index (χ2n) is 7.71. The monoisotopic (exact) mass is 490 g/mol. The molecule has 0 atom stereocenters. The fraction of sp³-hybridized carbons (Fsp3) is 0.348. The van der Waals surface area contributed by atoms with Crippen LogP contribution in [0, 0.1) is 6.92 Å². The van der Waals surface area contributed by atoms with Gasteiger partial charge in [-0.05, 0) is 37.5 Å². The van der Waals surface area contributed by atoms with Crippen molar-refractivity contribution in [3.05, 3.63) is 63.0 Å². The number of unbranched alkanes of at least 4 members (excludes halogenated alkanes) is 1. The second kappa shape index (κ2) is 10.4. The number of aryl methyl sites for hydroxylation is 3. The third kappa shape index (κ3) is 6.11. The Morgan fingerprint density at radius 1 is 1.18 bits per heavy atom. The highest BCUT2D eigenvalue weighted by Gasteiger charge is 2.17. The lowest BCUT2D eigenvalue weighted by Crippen LogP contribution is -2.19. The Kier molecular flexibility index (Phi) is 7.76. The molecule has 3 rings (SSSR count). The van der Waals surface area contributed by atoms with Crippen LogP contribution < -0.4 is 15.0 Å². The van der Waals surface area contributed by atoms with E-state index in [0.29, 0.717) is 40.4 Å². The molecule has 10 heteroatoms. The molecule has 0 spiro atoms. The van der Waals surface area contributed by atoms with Crippen molar-refractivity contribution >= 4 is 27.4 Å². The van der Waals surface area contributed by atoms with Gasteiger partial charge in [0.2, 0.25) is 10.0 Å². The number of rotatable bonds is 9. The predicted octanol–water partition coefficient (Wildman–Crippen LogP) is 4.70. The molecule has 0 unspecified atom stereocenters. The maximum atomic E-state index is 12.5. The largest absolute Gasteiger partial charge is 0.422 e. The molecule has 2 aromatic heterocycles. The molecule has 0 amide bonds. The number of anilines is 1. The van der Waals surface area contributed by atoms with Crippen molar-refractivity contribution in [3.63, 3.8) is 0 Å². The lowest BCUT2D eigenvalue weighted by atomic mass is 10.1. The first-order valence-electron chi connectivity index (χ1n) is 10.7. The maximum absolute atomic E-state index is 12.5. The van der Waals surface area contributed by atoms with Gasteiger partial charge in [-0.2, -0.15) is 9.97 Å². The SMILES string of the molecule is CCCCS(=O)(=O)Nc1cc(-c2cc(C)c(=O)n(C)c2)nc(Oc2c(Cl)cccc2CC)n1. The average molecular weight is 491 g/mol. The van der Waals surface area contributed by atoms with E-state index in [0.717, 1.165) is 12.0 Å². The van der Waals surface area contributed by atoms with Crippen molar-refractivity contribution in [2.24, 2.45) is 7.05 Å². The first-order chi connectivity index (χ1) is 15.6. The number of para-hydroxylation sites is 1. The van der Waals surface area contributed by atoms with Crippen molar-refractivity contribution in [1.82, 2.24) is 14.5 Å². The van der Waals surface area contributed by atoms with Crippen molar-refractivity contribution in [2.45, 2.75) is 40.0 Å². The van der Waals surface area contributed by atoms with Crippen molar-refractivity contribution < 1.29 is 13.2 Å². The molecular formula is C23H27ClN4O4S. The molecule has 0 aliphatic carbocycles. The number of ether oxygens (including phenoxy) is 1. The first kappa shape index (κ1) is 24.7. The summed E-state index contributed by atoms with van der Waals surface area (Å²) in [5.41, 5.74) is 2.27. The van der Waals surface area contributed by atoms with E-state index in [1.807, 2.05) is 26.0 Å². The van der Waals surface area contributed by atoms with Gasteiger partial charge in [0.05, 0.1) is 16.5 Å². The van der Waals surface area contributed by atoms with E-state index in [-0.39, 0.29) is 23.1 Å². The summed E-state index contributed by atoms with van der Waals surface area (Å²) in [5.74, 6) is 0.459. The molecular weight excluding hydrogens is 464 g/mol. The molecule has 0 saturated heterocycles. The fourth-order valence-electron chi connectivity index (χ4n) is 3.27. The molecule has 2 heterocycles. The lowest BCUT2D eigenvalue weighted by Gasteiger charge is -2.14. The molecule has 1 N–H and O–H groups in total. The number of halogens is 1. The molecule has 176 valence electrons. The summed E-state index contributed by atoms with van der Waals surface area (Å²) in [5, 5.41) is 0.395. The highest BCUT2D eigenvalue weighted by Crippen LogP contribution is 2.33. The molecule has 0 radical (unpaired) electrons. The molecule has 0 bridgehead atoms. The minimum absolute atomic E-state index is 0.0253. The van der Waals surface area contributed by atoms with Crippen molar-refractivity contribution in [1.29, 1.82) is 0 Å². The minimum Gasteiger partial charge on any atom is -0.422 e. The summed E-state index contributed by atoms with van der Waals surface area (Å²) >= 11 is 6.35. The average Bonchev–Trinajstić information content (AvgIpc) is 2.76. The van der Waals surface area contributed by atoms with Gasteiger partial charge in [0.15, 0.2) is 5.75 Å². The molecule has 8 nitrogen and oxygen atoms in total. The smallest absolute Gasteiger partial charge is 0.324 e. The van der Waals surface area contributed by atoms with Gasteiger partial charge in [0.1, 0.15) is 5.82 Å². The van der Waals surface area contributed by atoms with E-state index in [1.54, 1.807) is 32.3 Å². The van der Waals surface area contributed by atoms with Crippen molar-refractivity contribution in [2.75, 3.05) is 10.5 Å². The Morgan fingerprint density at radius 2 is 1.94 bits per heavy atom. The summed E-state index contributed by atoms with van der Waals surface area (Å²) in [4.78, 5) is 20.9. The molecule has 33 heavy (non-hydrogen) atoms. The number of nitrogens with zero attached hydrogens (tertiary/aromatic N) is 3. The number of hydrogen-bond donors (Lipinski definition) is 1. The van der Waals surface area contributed by atoms with Crippen LogP contribution in [-0.2, 0) is 23.5 Å². The van der Waals surface area contributed by atoms with Gasteiger partial charge < -0.3 is 9.30 Å². The van der Waals surface area contributed by atoms with Gasteiger partial charge in [-0.25, -0.2) is 8.42 Å². The van der Waals surface area contributed by atoms with Crippen LogP contribution in [0.5, 0.6) is 11.8 Å². The lowest BCUT2D eigenvalue weighted by molar-refractivity contribution is 0.439. The van der Waals surface area contributed by atoms with Crippen molar-refractivity contribution in [3.8, 4) is 23.0 Å². The summed E-state index contributed by atoms with van der Waals surface area (Å²) in [7, 11) is -1.96. The maximum Gasteiger partial charge on any atom is 0.324 e. The van der Waals surface area contributed by atoms with E-state index in [1.165, 1.54) is 10.6 Å². The van der Waals surface area contributed by atoms with Gasteiger partial charge in [0, 0.05) is 30.4 Å². The zero-order chi connectivity index (χ0) is 24.2. The number of hydrogen-bond acceptors (Lipinski definition) is 6. The third-order valence-corrected chi connectivity index (χ3v) is 6.66. The van der Waals surface area contributed by atoms with Crippen LogP contribution in [0.15, 0.2) is 41.3 Å². The summed E-state index contributed by atoms with van der Waals surface area (Å²) in [6.07, 6.45) is 3.57. The van der Waals surface area contributed by atoms with E-state index < -0.39 is 10.0 Å². The van der Waals surface area contributed by atoms with E-state index in [9.17, 15) is 13.2 Å². The topological polar surface area (TPSA) is 103 Å². The zero-order valence-electron chi connectivity index (χ0n) is 19.1. The molecule has 0 saturated carbocycles. The van der Waals surface area contributed by atoms with E-state index in [2.05, 4.69) is 14.7 Å². The number of sulfonamides is 1. The van der Waals surface area contributed by atoms with Crippen LogP contribution in [0.1, 0.15) is 37.8 Å². The highest BCUT2D eigenvalue weighted by molar-refractivity contribution is 7.92. The Hall–Kier alpha value is -2.91. The Labute approximate surface area is 198 Å². The van der Waals surface area contributed by atoms with Crippen LogP contribution in [0.3, 0.4) is 0 Å². The Morgan fingerprint density at radius 3 is 2.61 bits per heavy atom. The van der Waals surface area contributed by atoms with Gasteiger partial charge in [0.25, 0.3) is 5.56 Å². The van der Waals surface area contributed by atoms with Crippen LogP contribution in [0.2, 0.25) is 5.02 Å². The summed E-state index contributed by atoms with van der Waals surface area (Å²) in [6, 6.07) is 8.56. The Balaban J connectivity index is 2.11. The van der Waals surface area contributed by atoms with Gasteiger partial charge >= 0.3 is 6.01 Å². The predicted molar refractivity (Wildman–Crippen MR) is 131 cm³/mol. The van der Waals surface area contributed by atoms with Crippen LogP contribution in [-0.4, -0.2) is 28.7 Å². The van der Waals surface area contributed by atoms with E-state index >= 15 is 0 Å². The van der Waals surface area contributed by atoms with E-state index in [4.69, 9.17) is 16.3 Å². The van der Waals surface area contributed by atoms with Gasteiger partial charge in [-0.15, -0.1) is 0 Å². The Bertz CT molecular complexity index is 1300. The normalized spacial score (nSPS) is 11.4. The highest BCUT2D eigenvalue weighted by atomic mass is 35.5. The zero-order valence-corrected chi connectivity index (χ0v) is 20.6. The molecule has 3 aromatic rings. The quantitative estimate of drug-likeness (QED) is 0.466. The first-order valence-corrected chi connectivity index (χ1v) is 12.7. The number of aromatic nitrogens is 3. The molecule has 1 aromatic carbocycles. The number of nitrogens with one attached hydrogen (secondary N) is 1. The van der Waals surface area contributed by atoms with Gasteiger partial charge in [-0.3, -0.25) is 9.52 Å². The van der Waals surface area contributed by atoms with Crippen LogP contribution >= 0.6 is 11.6 Å². The molecule has 0 aliphatic heterocycles. The van der Waals surface area contributed by atoms with Gasteiger partial charge in [-0.1, -0.05) is 44.0 Å². The standard InChI is InChI=1S/C23H27ClN4O4S/c1-5-7-11-33(30,31)27-20-13-19(17-12-15(3)22(29)28(4)14-17)25-23(26-20)32-21-16(6-2)9-8-10-18(21)24/h8-10,12-14H,5-7,11H2,1-4H3,(H,25,26,27). The molecule has 0 fully saturated rings. The minimum atomic E-state index is -3.61. The third-order valence-electron chi connectivity index (χ3n) is 5.01. The summed E-state index contributed by atoms with van der Waals surface area (Å²) < 4.78 is 34.9.